The van der Waals surface area contributed by atoms with Crippen LogP contribution in [0.3, 0.4) is 0 Å². The van der Waals surface area contributed by atoms with Gasteiger partial charge in [0.25, 0.3) is 10.0 Å². The highest BCUT2D eigenvalue weighted by molar-refractivity contribution is 7.92. The second-order valence-corrected chi connectivity index (χ2v) is 12.2. The highest BCUT2D eigenvalue weighted by atomic mass is 32.2. The molecule has 0 heterocycles. The van der Waals surface area contributed by atoms with E-state index in [1.807, 2.05) is 24.3 Å². The Kier molecular flexibility index (Phi) is 5.69. The van der Waals surface area contributed by atoms with E-state index in [2.05, 4.69) is 52.3 Å². The molecular formula is C24H31NO2S2. The van der Waals surface area contributed by atoms with E-state index in [1.54, 1.807) is 12.1 Å². The molecule has 2 aromatic rings. The van der Waals surface area contributed by atoms with Gasteiger partial charge in [0.2, 0.25) is 0 Å². The first-order chi connectivity index (χ1) is 13.3. The van der Waals surface area contributed by atoms with E-state index in [9.17, 15) is 8.42 Å². The first-order valence-electron chi connectivity index (χ1n) is 10.1. The Morgan fingerprint density at radius 3 is 1.79 bits per heavy atom. The molecule has 0 atom stereocenters. The highest BCUT2D eigenvalue weighted by Crippen LogP contribution is 2.40. The summed E-state index contributed by atoms with van der Waals surface area (Å²) in [4.78, 5) is 0.472. The average molecular weight is 430 g/mol. The van der Waals surface area contributed by atoms with E-state index < -0.39 is 10.0 Å². The van der Waals surface area contributed by atoms with Crippen LogP contribution >= 0.6 is 12.2 Å². The van der Waals surface area contributed by atoms with Crippen molar-refractivity contribution in [3.05, 3.63) is 64.7 Å². The van der Waals surface area contributed by atoms with Crippen molar-refractivity contribution in [3.8, 4) is 0 Å². The van der Waals surface area contributed by atoms with Crippen LogP contribution in [0.4, 0.5) is 0 Å². The molecule has 1 fully saturated rings. The van der Waals surface area contributed by atoms with Crippen molar-refractivity contribution in [1.82, 2.24) is 4.72 Å². The fourth-order valence-corrected chi connectivity index (χ4v) is 4.62. The molecule has 0 bridgehead atoms. The smallest absolute Gasteiger partial charge is 0.262 e. The molecule has 0 unspecified atom stereocenters. The first kappa shape index (κ1) is 22.0. The number of sulfonamides is 1. The van der Waals surface area contributed by atoms with Crippen molar-refractivity contribution in [1.29, 1.82) is 0 Å². The lowest BCUT2D eigenvalue weighted by atomic mass is 9.79. The van der Waals surface area contributed by atoms with Crippen molar-refractivity contribution in [2.45, 2.75) is 76.0 Å². The van der Waals surface area contributed by atoms with Gasteiger partial charge in [0.05, 0.1) is 4.90 Å². The zero-order chi connectivity index (χ0) is 21.6. The summed E-state index contributed by atoms with van der Waals surface area (Å²) in [6, 6.07) is 13.3. The number of hydrogen-bond acceptors (Lipinski definition) is 3. The predicted octanol–water partition coefficient (Wildman–Crippen LogP) is 5.81. The molecule has 0 radical (unpaired) electrons. The van der Waals surface area contributed by atoms with Crippen LogP contribution in [0.1, 0.15) is 82.6 Å². The van der Waals surface area contributed by atoms with Gasteiger partial charge >= 0.3 is 0 Å². The third-order valence-corrected chi connectivity index (χ3v) is 7.23. The number of nitrogens with one attached hydrogen (secondary N) is 1. The standard InChI is InChI=1S/C24H31NO2S2/c1-23(2,3)19-13-18(14-20(15-19)24(4,5)6)22(28)25-29(26,27)21-11-9-17(10-12-21)16-7-8-16/h9-16H,7-8H2,1-6H3,(H,25,28). The van der Waals surface area contributed by atoms with Crippen LogP contribution < -0.4 is 4.72 Å². The predicted molar refractivity (Wildman–Crippen MR) is 124 cm³/mol. The van der Waals surface area contributed by atoms with Gasteiger partial charge in [-0.1, -0.05) is 72.0 Å². The van der Waals surface area contributed by atoms with Gasteiger partial charge in [-0.05, 0) is 70.5 Å². The first-order valence-corrected chi connectivity index (χ1v) is 12.0. The topological polar surface area (TPSA) is 46.2 Å². The van der Waals surface area contributed by atoms with E-state index in [4.69, 9.17) is 12.2 Å². The molecule has 0 saturated heterocycles. The van der Waals surface area contributed by atoms with Crippen molar-refractivity contribution in [3.63, 3.8) is 0 Å². The lowest BCUT2D eigenvalue weighted by Gasteiger charge is -2.26. The summed E-state index contributed by atoms with van der Waals surface area (Å²) >= 11 is 5.52. The van der Waals surface area contributed by atoms with Gasteiger partial charge in [-0.15, -0.1) is 0 Å². The van der Waals surface area contributed by atoms with Gasteiger partial charge in [0, 0.05) is 5.56 Å². The SMILES string of the molecule is CC(C)(C)c1cc(C(=S)NS(=O)(=O)c2ccc(C3CC3)cc2)cc(C(C)(C)C)c1. The average Bonchev–Trinajstić information content (AvgIpc) is 3.44. The van der Waals surface area contributed by atoms with Crippen LogP contribution in [0.2, 0.25) is 0 Å². The fraction of sp³-hybridized carbons (Fsp3) is 0.458. The minimum absolute atomic E-state index is 0.0663. The van der Waals surface area contributed by atoms with Crippen LogP contribution in [0.15, 0.2) is 47.4 Å². The van der Waals surface area contributed by atoms with Crippen molar-refractivity contribution >= 4 is 27.2 Å². The molecule has 3 nitrogen and oxygen atoms in total. The van der Waals surface area contributed by atoms with Crippen LogP contribution in [0, 0.1) is 0 Å². The van der Waals surface area contributed by atoms with Crippen molar-refractivity contribution in [2.24, 2.45) is 0 Å². The molecule has 156 valence electrons. The lowest BCUT2D eigenvalue weighted by molar-refractivity contribution is 0.568. The molecule has 1 aliphatic rings. The van der Waals surface area contributed by atoms with E-state index >= 15 is 0 Å². The number of thiocarbonyl (C=S) groups is 1. The Morgan fingerprint density at radius 1 is 0.897 bits per heavy atom. The summed E-state index contributed by atoms with van der Waals surface area (Å²) in [5, 5.41) is 0. The van der Waals surface area contributed by atoms with Gasteiger partial charge in [0.15, 0.2) is 0 Å². The second kappa shape index (κ2) is 7.51. The van der Waals surface area contributed by atoms with Gasteiger partial charge in [-0.3, -0.25) is 4.72 Å². The normalized spacial score (nSPS) is 15.2. The molecular weight excluding hydrogens is 398 g/mol. The van der Waals surface area contributed by atoms with E-state index in [1.165, 1.54) is 18.4 Å². The fourth-order valence-electron chi connectivity index (χ4n) is 3.20. The molecule has 1 saturated carbocycles. The van der Waals surface area contributed by atoms with Gasteiger partial charge in [-0.25, -0.2) is 8.42 Å². The van der Waals surface area contributed by atoms with E-state index in [-0.39, 0.29) is 20.7 Å². The summed E-state index contributed by atoms with van der Waals surface area (Å²) < 4.78 is 28.4. The third-order valence-electron chi connectivity index (χ3n) is 5.39. The molecule has 2 aromatic carbocycles. The highest BCUT2D eigenvalue weighted by Gasteiger charge is 2.25. The van der Waals surface area contributed by atoms with E-state index in [0.717, 1.165) is 16.7 Å². The van der Waals surface area contributed by atoms with Gasteiger partial charge in [0.1, 0.15) is 4.99 Å². The summed E-state index contributed by atoms with van der Waals surface area (Å²) in [6.45, 7) is 12.9. The van der Waals surface area contributed by atoms with Crippen LogP contribution in [0.5, 0.6) is 0 Å². The maximum Gasteiger partial charge on any atom is 0.262 e. The molecule has 5 heteroatoms. The maximum absolute atomic E-state index is 12.9. The van der Waals surface area contributed by atoms with Gasteiger partial charge < -0.3 is 0 Å². The summed E-state index contributed by atoms with van der Waals surface area (Å²) in [7, 11) is -3.72. The Balaban J connectivity index is 1.90. The summed E-state index contributed by atoms with van der Waals surface area (Å²) in [5.41, 5.74) is 4.08. The lowest BCUT2D eigenvalue weighted by Crippen LogP contribution is -2.30. The zero-order valence-corrected chi connectivity index (χ0v) is 19.8. The monoisotopic (exact) mass is 429 g/mol. The Bertz CT molecular complexity index is 988. The number of hydrogen-bond donors (Lipinski definition) is 1. The Labute approximate surface area is 181 Å². The summed E-state index contributed by atoms with van der Waals surface area (Å²) in [5.74, 6) is 0.594. The molecule has 1 aliphatic carbocycles. The largest absolute Gasteiger partial charge is 0.269 e. The van der Waals surface area contributed by atoms with E-state index in [0.29, 0.717) is 5.92 Å². The second-order valence-electron chi connectivity index (χ2n) is 10.1. The molecule has 0 aliphatic heterocycles. The van der Waals surface area contributed by atoms with Crippen LogP contribution in [0.25, 0.3) is 0 Å². The minimum atomic E-state index is -3.72. The third kappa shape index (κ3) is 5.26. The molecule has 1 N–H and O–H groups in total. The molecule has 0 aromatic heterocycles. The summed E-state index contributed by atoms with van der Waals surface area (Å²) in [6.07, 6.45) is 2.38. The van der Waals surface area contributed by atoms with Crippen molar-refractivity contribution in [2.75, 3.05) is 0 Å². The minimum Gasteiger partial charge on any atom is -0.269 e. The maximum atomic E-state index is 12.9. The van der Waals surface area contributed by atoms with Crippen LogP contribution in [-0.4, -0.2) is 13.4 Å². The molecule has 29 heavy (non-hydrogen) atoms. The number of rotatable bonds is 4. The molecule has 0 spiro atoms. The van der Waals surface area contributed by atoms with Crippen molar-refractivity contribution < 1.29 is 8.42 Å². The Morgan fingerprint density at radius 2 is 1.38 bits per heavy atom. The number of benzene rings is 2. The zero-order valence-electron chi connectivity index (χ0n) is 18.2. The molecule has 3 rings (SSSR count). The van der Waals surface area contributed by atoms with Crippen LogP contribution in [-0.2, 0) is 20.9 Å². The van der Waals surface area contributed by atoms with Gasteiger partial charge in [-0.2, -0.15) is 0 Å². The quantitative estimate of drug-likeness (QED) is 0.624. The Hall–Kier alpha value is -1.72. The molecule has 0 amide bonds.